The van der Waals surface area contributed by atoms with Gasteiger partial charge in [-0.2, -0.15) is 4.37 Å². The molecule has 0 N–H and O–H groups in total. The van der Waals surface area contributed by atoms with E-state index in [2.05, 4.69) is 14.3 Å². The number of thiophene rings is 2. The summed E-state index contributed by atoms with van der Waals surface area (Å²) >= 11 is 5.83. The van der Waals surface area contributed by atoms with Crippen LogP contribution < -0.4 is 5.56 Å². The average molecular weight is 379 g/mol. The summed E-state index contributed by atoms with van der Waals surface area (Å²) in [6.07, 6.45) is 0. The first-order chi connectivity index (χ1) is 11.1. The Morgan fingerprint density at radius 1 is 1.26 bits per heavy atom. The third kappa shape index (κ3) is 2.63. The molecule has 0 fully saturated rings. The van der Waals surface area contributed by atoms with Gasteiger partial charge in [0, 0.05) is 22.9 Å². The van der Waals surface area contributed by atoms with E-state index in [0.29, 0.717) is 10.5 Å². The van der Waals surface area contributed by atoms with Crippen molar-refractivity contribution in [2.45, 2.75) is 16.4 Å². The SMILES string of the molecule is Cc1nsc(Sc2nc3scc(-c4cccs4)c3c(=O)n2C)n1. The van der Waals surface area contributed by atoms with Crippen LogP contribution in [0.4, 0.5) is 0 Å². The maximum atomic E-state index is 12.8. The van der Waals surface area contributed by atoms with Crippen molar-refractivity contribution < 1.29 is 0 Å². The van der Waals surface area contributed by atoms with E-state index in [-0.39, 0.29) is 5.56 Å². The molecule has 5 nitrogen and oxygen atoms in total. The van der Waals surface area contributed by atoms with Gasteiger partial charge in [0.05, 0.1) is 5.39 Å². The van der Waals surface area contributed by atoms with E-state index in [9.17, 15) is 4.79 Å². The smallest absolute Gasteiger partial charge is 0.263 e. The quantitative estimate of drug-likeness (QED) is 0.504. The van der Waals surface area contributed by atoms with Crippen LogP contribution in [-0.2, 0) is 7.05 Å². The van der Waals surface area contributed by atoms with Gasteiger partial charge in [0.2, 0.25) is 0 Å². The summed E-state index contributed by atoms with van der Waals surface area (Å²) in [4.78, 5) is 23.6. The third-order valence-corrected chi connectivity index (χ3v) is 6.91. The number of aromatic nitrogens is 4. The summed E-state index contributed by atoms with van der Waals surface area (Å²) in [6, 6.07) is 4.02. The second kappa shape index (κ2) is 5.82. The lowest BCUT2D eigenvalue weighted by Crippen LogP contribution is -2.19. The predicted octanol–water partition coefficient (Wildman–Crippen LogP) is 4.03. The van der Waals surface area contributed by atoms with E-state index in [0.717, 1.165) is 25.4 Å². The molecule has 0 atom stereocenters. The Bertz CT molecular complexity index is 1040. The van der Waals surface area contributed by atoms with E-state index in [4.69, 9.17) is 0 Å². The third-order valence-electron chi connectivity index (χ3n) is 3.25. The van der Waals surface area contributed by atoms with Gasteiger partial charge in [-0.05, 0) is 41.7 Å². The molecule has 0 aliphatic carbocycles. The van der Waals surface area contributed by atoms with Gasteiger partial charge in [0.1, 0.15) is 10.7 Å². The number of hydrogen-bond acceptors (Lipinski definition) is 8. The van der Waals surface area contributed by atoms with Crippen molar-refractivity contribution in [2.24, 2.45) is 7.05 Å². The molecule has 0 radical (unpaired) electrons. The lowest BCUT2D eigenvalue weighted by molar-refractivity contribution is 0.728. The van der Waals surface area contributed by atoms with Crippen LogP contribution in [0.25, 0.3) is 20.7 Å². The number of rotatable bonds is 3. The summed E-state index contributed by atoms with van der Waals surface area (Å²) in [5.41, 5.74) is 0.944. The first kappa shape index (κ1) is 15.0. The van der Waals surface area contributed by atoms with Crippen LogP contribution in [-0.4, -0.2) is 18.9 Å². The Morgan fingerprint density at radius 2 is 2.13 bits per heavy atom. The van der Waals surface area contributed by atoms with E-state index in [1.165, 1.54) is 34.6 Å². The zero-order chi connectivity index (χ0) is 16.0. The molecule has 0 aliphatic rings. The minimum atomic E-state index is -0.0246. The van der Waals surface area contributed by atoms with Crippen molar-refractivity contribution >= 4 is 56.2 Å². The highest BCUT2D eigenvalue weighted by atomic mass is 32.2. The normalized spacial score (nSPS) is 11.4. The molecular weight excluding hydrogens is 368 g/mol. The Hall–Kier alpha value is -1.55. The fraction of sp³-hybridized carbons (Fsp3) is 0.143. The molecule has 116 valence electrons. The summed E-state index contributed by atoms with van der Waals surface area (Å²) in [7, 11) is 1.75. The number of aryl methyl sites for hydroxylation is 1. The lowest BCUT2D eigenvalue weighted by atomic mass is 10.2. The van der Waals surface area contributed by atoms with Gasteiger partial charge >= 0.3 is 0 Å². The maximum Gasteiger partial charge on any atom is 0.263 e. The molecule has 0 spiro atoms. The van der Waals surface area contributed by atoms with Crippen LogP contribution >= 0.6 is 46.0 Å². The van der Waals surface area contributed by atoms with Crippen LogP contribution in [0.3, 0.4) is 0 Å². The van der Waals surface area contributed by atoms with Gasteiger partial charge in [-0.15, -0.1) is 22.7 Å². The minimum absolute atomic E-state index is 0.0246. The topological polar surface area (TPSA) is 60.7 Å². The molecule has 9 heteroatoms. The zero-order valence-electron chi connectivity index (χ0n) is 12.1. The molecule has 4 aromatic heterocycles. The minimum Gasteiger partial charge on any atom is -0.290 e. The number of nitrogens with zero attached hydrogens (tertiary/aromatic N) is 4. The molecule has 0 saturated heterocycles. The van der Waals surface area contributed by atoms with Crippen LogP contribution in [0.2, 0.25) is 0 Å². The molecule has 0 bridgehead atoms. The molecule has 0 aromatic carbocycles. The largest absolute Gasteiger partial charge is 0.290 e. The molecular formula is C14H10N4OS4. The summed E-state index contributed by atoms with van der Waals surface area (Å²) in [5.74, 6) is 0.736. The van der Waals surface area contributed by atoms with Crippen molar-refractivity contribution in [3.05, 3.63) is 39.1 Å². The van der Waals surface area contributed by atoms with Crippen molar-refractivity contribution in [2.75, 3.05) is 0 Å². The van der Waals surface area contributed by atoms with Crippen molar-refractivity contribution in [3.63, 3.8) is 0 Å². The van der Waals surface area contributed by atoms with Gasteiger partial charge < -0.3 is 0 Å². The van der Waals surface area contributed by atoms with Crippen LogP contribution in [0.5, 0.6) is 0 Å². The highest BCUT2D eigenvalue weighted by Gasteiger charge is 2.17. The van der Waals surface area contributed by atoms with E-state index >= 15 is 0 Å². The Kier molecular flexibility index (Phi) is 3.80. The highest BCUT2D eigenvalue weighted by molar-refractivity contribution is 8.00. The van der Waals surface area contributed by atoms with E-state index in [1.807, 2.05) is 29.8 Å². The average Bonchev–Trinajstić information content (AvgIpc) is 3.24. The van der Waals surface area contributed by atoms with Crippen LogP contribution in [0.15, 0.2) is 37.2 Å². The molecule has 4 heterocycles. The van der Waals surface area contributed by atoms with Crippen LogP contribution in [0.1, 0.15) is 5.82 Å². The van der Waals surface area contributed by atoms with Gasteiger partial charge in [-0.3, -0.25) is 9.36 Å². The highest BCUT2D eigenvalue weighted by Crippen LogP contribution is 2.35. The standard InChI is InChI=1S/C14H10N4OS4/c1-7-15-14(23-17-7)22-13-16-11-10(12(19)18(13)2)8(6-21-11)9-4-3-5-20-9/h3-6H,1-2H3. The lowest BCUT2D eigenvalue weighted by Gasteiger charge is -2.05. The zero-order valence-corrected chi connectivity index (χ0v) is 15.4. The molecule has 23 heavy (non-hydrogen) atoms. The monoisotopic (exact) mass is 378 g/mol. The molecule has 0 saturated carbocycles. The van der Waals surface area contributed by atoms with Crippen molar-refractivity contribution in [1.29, 1.82) is 0 Å². The number of fused-ring (bicyclic) bond motifs is 1. The molecule has 0 aliphatic heterocycles. The first-order valence-corrected chi connectivity index (χ1v) is 9.98. The summed E-state index contributed by atoms with van der Waals surface area (Å²) in [5, 5.41) is 5.35. The van der Waals surface area contributed by atoms with Gasteiger partial charge in [0.25, 0.3) is 5.56 Å². The summed E-state index contributed by atoms with van der Waals surface area (Å²) < 4.78 is 6.55. The second-order valence-electron chi connectivity index (χ2n) is 4.77. The fourth-order valence-corrected chi connectivity index (χ4v) is 5.56. The van der Waals surface area contributed by atoms with E-state index < -0.39 is 0 Å². The van der Waals surface area contributed by atoms with Crippen LogP contribution in [0, 0.1) is 6.92 Å². The first-order valence-electron chi connectivity index (χ1n) is 6.64. The number of hydrogen-bond donors (Lipinski definition) is 0. The van der Waals surface area contributed by atoms with Crippen molar-refractivity contribution in [1.82, 2.24) is 18.9 Å². The Balaban J connectivity index is 1.86. The van der Waals surface area contributed by atoms with Gasteiger partial charge in [0.15, 0.2) is 9.50 Å². The fourth-order valence-electron chi connectivity index (χ4n) is 2.16. The molecule has 4 aromatic rings. The van der Waals surface area contributed by atoms with Gasteiger partial charge in [-0.25, -0.2) is 9.97 Å². The second-order valence-corrected chi connectivity index (χ2v) is 8.55. The maximum absolute atomic E-state index is 12.8. The van der Waals surface area contributed by atoms with E-state index in [1.54, 1.807) is 23.0 Å². The Labute approximate surface area is 147 Å². The summed E-state index contributed by atoms with van der Waals surface area (Å²) in [6.45, 7) is 1.85. The van der Waals surface area contributed by atoms with Crippen molar-refractivity contribution in [3.8, 4) is 10.4 Å². The predicted molar refractivity (Wildman–Crippen MR) is 96.9 cm³/mol. The molecule has 4 rings (SSSR count). The Morgan fingerprint density at radius 3 is 2.83 bits per heavy atom. The molecule has 0 unspecified atom stereocenters. The van der Waals surface area contributed by atoms with Gasteiger partial charge in [-0.1, -0.05) is 6.07 Å². The molecule has 0 amide bonds.